The second-order valence-electron chi connectivity index (χ2n) is 6.92. The summed E-state index contributed by atoms with van der Waals surface area (Å²) in [6, 6.07) is 8.16. The Bertz CT molecular complexity index is 942. The average Bonchev–Trinajstić information content (AvgIpc) is 3.38. The molecule has 0 amide bonds. The SMILES string of the molecule is CCc1nnc(N2CCCC2c2nc(Cc3ccc(Br)cc3)no2)nc1CC. The fourth-order valence-corrected chi connectivity index (χ4v) is 3.84. The van der Waals surface area contributed by atoms with Gasteiger partial charge in [0.05, 0.1) is 11.4 Å². The Morgan fingerprint density at radius 3 is 2.61 bits per heavy atom. The lowest BCUT2D eigenvalue weighted by Gasteiger charge is -2.21. The smallest absolute Gasteiger partial charge is 0.249 e. The number of benzene rings is 1. The van der Waals surface area contributed by atoms with Crippen molar-refractivity contribution in [1.82, 2.24) is 25.3 Å². The molecule has 1 aliphatic rings. The number of aryl methyl sites for hydroxylation is 2. The average molecular weight is 443 g/mol. The van der Waals surface area contributed by atoms with Gasteiger partial charge in [-0.05, 0) is 43.4 Å². The summed E-state index contributed by atoms with van der Waals surface area (Å²) < 4.78 is 6.67. The minimum atomic E-state index is 0.00477. The van der Waals surface area contributed by atoms with E-state index in [2.05, 4.69) is 67.1 Å². The van der Waals surface area contributed by atoms with Gasteiger partial charge in [0.2, 0.25) is 11.8 Å². The first kappa shape index (κ1) is 19.0. The van der Waals surface area contributed by atoms with E-state index in [1.54, 1.807) is 0 Å². The van der Waals surface area contributed by atoms with Crippen LogP contribution in [-0.2, 0) is 19.3 Å². The van der Waals surface area contributed by atoms with Gasteiger partial charge in [-0.25, -0.2) is 4.98 Å². The van der Waals surface area contributed by atoms with Crippen LogP contribution in [0.3, 0.4) is 0 Å². The molecule has 146 valence electrons. The summed E-state index contributed by atoms with van der Waals surface area (Å²) in [6.45, 7) is 5.04. The number of anilines is 1. The summed E-state index contributed by atoms with van der Waals surface area (Å²) >= 11 is 3.46. The minimum Gasteiger partial charge on any atom is -0.337 e. The summed E-state index contributed by atoms with van der Waals surface area (Å²) in [4.78, 5) is 11.6. The van der Waals surface area contributed by atoms with Gasteiger partial charge in [0, 0.05) is 17.4 Å². The second kappa shape index (κ2) is 8.34. The molecule has 0 aliphatic carbocycles. The predicted octanol–water partition coefficient (Wildman–Crippen LogP) is 4.07. The van der Waals surface area contributed by atoms with Crippen LogP contribution in [0.1, 0.15) is 61.4 Å². The van der Waals surface area contributed by atoms with E-state index in [0.29, 0.717) is 24.1 Å². The van der Waals surface area contributed by atoms with Gasteiger partial charge in [-0.2, -0.15) is 10.1 Å². The van der Waals surface area contributed by atoms with Crippen molar-refractivity contribution >= 4 is 21.9 Å². The van der Waals surface area contributed by atoms with Gasteiger partial charge in [-0.15, -0.1) is 5.10 Å². The van der Waals surface area contributed by atoms with Crippen LogP contribution in [0.4, 0.5) is 5.95 Å². The summed E-state index contributed by atoms with van der Waals surface area (Å²) in [5.74, 6) is 1.98. The standard InChI is InChI=1S/C20H23BrN6O/c1-3-15-16(4-2)24-25-20(22-15)27-11-5-6-17(27)19-23-18(26-28-19)12-13-7-9-14(21)10-8-13/h7-10,17H,3-6,11-12H2,1-2H3. The highest BCUT2D eigenvalue weighted by molar-refractivity contribution is 9.10. The maximum atomic E-state index is 5.61. The number of rotatable bonds is 6. The summed E-state index contributed by atoms with van der Waals surface area (Å²) in [6.07, 6.45) is 4.32. The van der Waals surface area contributed by atoms with Crippen LogP contribution in [0, 0.1) is 0 Å². The van der Waals surface area contributed by atoms with E-state index in [0.717, 1.165) is 53.7 Å². The van der Waals surface area contributed by atoms with Crippen molar-refractivity contribution in [2.24, 2.45) is 0 Å². The highest BCUT2D eigenvalue weighted by atomic mass is 79.9. The van der Waals surface area contributed by atoms with E-state index >= 15 is 0 Å². The van der Waals surface area contributed by atoms with Crippen molar-refractivity contribution in [2.75, 3.05) is 11.4 Å². The van der Waals surface area contributed by atoms with E-state index in [-0.39, 0.29) is 6.04 Å². The molecule has 8 heteroatoms. The Morgan fingerprint density at radius 2 is 1.86 bits per heavy atom. The first-order valence-electron chi connectivity index (χ1n) is 9.74. The molecular formula is C20H23BrN6O. The molecule has 1 aliphatic heterocycles. The van der Waals surface area contributed by atoms with Crippen LogP contribution in [0.2, 0.25) is 0 Å². The Labute approximate surface area is 172 Å². The highest BCUT2D eigenvalue weighted by Gasteiger charge is 2.33. The molecule has 7 nitrogen and oxygen atoms in total. The molecule has 3 heterocycles. The molecule has 0 radical (unpaired) electrons. The summed E-state index contributed by atoms with van der Waals surface area (Å²) in [7, 11) is 0. The van der Waals surface area contributed by atoms with Crippen LogP contribution in [0.15, 0.2) is 33.3 Å². The van der Waals surface area contributed by atoms with Crippen molar-refractivity contribution in [1.29, 1.82) is 0 Å². The van der Waals surface area contributed by atoms with Gasteiger partial charge in [-0.3, -0.25) is 0 Å². The van der Waals surface area contributed by atoms with Crippen molar-refractivity contribution in [3.8, 4) is 0 Å². The van der Waals surface area contributed by atoms with Gasteiger partial charge in [0.25, 0.3) is 0 Å². The van der Waals surface area contributed by atoms with Crippen molar-refractivity contribution in [3.63, 3.8) is 0 Å². The molecule has 4 rings (SSSR count). The van der Waals surface area contributed by atoms with E-state index in [1.807, 2.05) is 12.1 Å². The number of hydrogen-bond donors (Lipinski definition) is 0. The lowest BCUT2D eigenvalue weighted by Crippen LogP contribution is -2.26. The zero-order chi connectivity index (χ0) is 19.5. The normalized spacial score (nSPS) is 16.7. The maximum absolute atomic E-state index is 5.61. The minimum absolute atomic E-state index is 0.00477. The predicted molar refractivity (Wildman–Crippen MR) is 109 cm³/mol. The quantitative estimate of drug-likeness (QED) is 0.568. The largest absolute Gasteiger partial charge is 0.337 e. The van der Waals surface area contributed by atoms with Crippen molar-refractivity contribution in [3.05, 3.63) is 57.4 Å². The number of aromatic nitrogens is 5. The fourth-order valence-electron chi connectivity index (χ4n) is 3.57. The zero-order valence-corrected chi connectivity index (χ0v) is 17.7. The van der Waals surface area contributed by atoms with Crippen LogP contribution >= 0.6 is 15.9 Å². The monoisotopic (exact) mass is 442 g/mol. The molecular weight excluding hydrogens is 420 g/mol. The maximum Gasteiger partial charge on any atom is 0.249 e. The lowest BCUT2D eigenvalue weighted by molar-refractivity contribution is 0.350. The fraction of sp³-hybridized carbons (Fsp3) is 0.450. The van der Waals surface area contributed by atoms with Crippen LogP contribution in [-0.4, -0.2) is 31.9 Å². The van der Waals surface area contributed by atoms with E-state index < -0.39 is 0 Å². The molecule has 2 aromatic heterocycles. The van der Waals surface area contributed by atoms with E-state index in [4.69, 9.17) is 9.51 Å². The zero-order valence-electron chi connectivity index (χ0n) is 16.1. The van der Waals surface area contributed by atoms with Gasteiger partial charge >= 0.3 is 0 Å². The lowest BCUT2D eigenvalue weighted by atomic mass is 10.1. The highest BCUT2D eigenvalue weighted by Crippen LogP contribution is 2.33. The van der Waals surface area contributed by atoms with Crippen molar-refractivity contribution in [2.45, 2.75) is 52.0 Å². The molecule has 1 unspecified atom stereocenters. The molecule has 0 bridgehead atoms. The Balaban J connectivity index is 1.54. The Hall–Kier alpha value is -2.35. The van der Waals surface area contributed by atoms with Crippen LogP contribution < -0.4 is 4.90 Å². The molecule has 0 spiro atoms. The molecule has 3 aromatic rings. The first-order valence-corrected chi connectivity index (χ1v) is 10.5. The molecule has 1 aromatic carbocycles. The van der Waals surface area contributed by atoms with E-state index in [9.17, 15) is 0 Å². The molecule has 28 heavy (non-hydrogen) atoms. The molecule has 0 N–H and O–H groups in total. The molecule has 0 saturated carbocycles. The summed E-state index contributed by atoms with van der Waals surface area (Å²) in [5.41, 5.74) is 3.13. The van der Waals surface area contributed by atoms with Crippen molar-refractivity contribution < 1.29 is 4.52 Å². The topological polar surface area (TPSA) is 80.8 Å². The van der Waals surface area contributed by atoms with Gasteiger partial charge in [0.1, 0.15) is 6.04 Å². The van der Waals surface area contributed by atoms with Crippen LogP contribution in [0.5, 0.6) is 0 Å². The van der Waals surface area contributed by atoms with Crippen LogP contribution in [0.25, 0.3) is 0 Å². The number of halogens is 1. The molecule has 1 saturated heterocycles. The molecule has 1 atom stereocenters. The van der Waals surface area contributed by atoms with Gasteiger partial charge < -0.3 is 9.42 Å². The molecule has 1 fully saturated rings. The van der Waals surface area contributed by atoms with Gasteiger partial charge in [0.15, 0.2) is 5.82 Å². The van der Waals surface area contributed by atoms with Gasteiger partial charge in [-0.1, -0.05) is 47.1 Å². The van der Waals surface area contributed by atoms with E-state index in [1.165, 1.54) is 0 Å². The number of hydrogen-bond acceptors (Lipinski definition) is 7. The second-order valence-corrected chi connectivity index (χ2v) is 7.83. The number of nitrogens with zero attached hydrogens (tertiary/aromatic N) is 6. The third-order valence-corrected chi connectivity index (χ3v) is 5.58. The summed E-state index contributed by atoms with van der Waals surface area (Å²) in [5, 5.41) is 12.9. The first-order chi connectivity index (χ1) is 13.7. The Kier molecular flexibility index (Phi) is 5.66. The third-order valence-electron chi connectivity index (χ3n) is 5.05. The Morgan fingerprint density at radius 1 is 1.07 bits per heavy atom. The third kappa shape index (κ3) is 3.92.